The van der Waals surface area contributed by atoms with Crippen molar-refractivity contribution in [3.8, 4) is 23.0 Å². The number of ether oxygens (including phenoxy) is 3. The summed E-state index contributed by atoms with van der Waals surface area (Å²) in [5.41, 5.74) is 4.07. The zero-order valence-electron chi connectivity index (χ0n) is 35.5. The zero-order valence-corrected chi connectivity index (χ0v) is 35.5. The summed E-state index contributed by atoms with van der Waals surface area (Å²) in [7, 11) is 3.53. The minimum absolute atomic E-state index is 0.0569. The van der Waals surface area contributed by atoms with Crippen LogP contribution in [0.3, 0.4) is 0 Å². The minimum Gasteiger partial charge on any atom is -0.504 e. The Bertz CT molecular complexity index is 1950. The van der Waals surface area contributed by atoms with E-state index in [0.29, 0.717) is 73.6 Å². The molecule has 6 aliphatic rings. The molecule has 0 radical (unpaired) electrons. The van der Waals surface area contributed by atoms with Crippen molar-refractivity contribution in [1.82, 2.24) is 10.3 Å². The molecule has 9 rings (SSSR count). The molecule has 13 atom stereocenters. The smallest absolute Gasteiger partial charge is 0.201 e. The number of benzene rings is 2. The van der Waals surface area contributed by atoms with Crippen molar-refractivity contribution in [2.24, 2.45) is 29.6 Å². The maximum absolute atomic E-state index is 12.1. The second kappa shape index (κ2) is 17.4. The van der Waals surface area contributed by atoms with Crippen LogP contribution in [0, 0.1) is 29.6 Å². The second-order valence-electron chi connectivity index (χ2n) is 19.7. The SMILES string of the molecule is CNC1CCC2C(CCC3C(O)CCC4(O)CCC(CCOc5ccc(C6CCC7C(O)CC(c8c(CO)c(O)c(O)c(OC)c8Cc8cc[nH]c8)OC7C6)cc5C32)C4)C1. The van der Waals surface area contributed by atoms with Gasteiger partial charge in [-0.3, -0.25) is 0 Å². The number of phenols is 2. The summed E-state index contributed by atoms with van der Waals surface area (Å²) >= 11 is 0. The number of aliphatic hydroxyl groups excluding tert-OH is 3. The van der Waals surface area contributed by atoms with E-state index in [1.54, 1.807) is 0 Å². The van der Waals surface area contributed by atoms with E-state index < -0.39 is 42.0 Å². The van der Waals surface area contributed by atoms with E-state index in [9.17, 15) is 30.6 Å². The Balaban J connectivity index is 1.04. The Kier molecular flexibility index (Phi) is 12.2. The lowest BCUT2D eigenvalue weighted by molar-refractivity contribution is -0.154. The van der Waals surface area contributed by atoms with E-state index in [-0.39, 0.29) is 41.1 Å². The van der Waals surface area contributed by atoms with Crippen molar-refractivity contribution < 1.29 is 44.8 Å². The molecule has 60 heavy (non-hydrogen) atoms. The quantitative estimate of drug-likeness (QED) is 0.113. The first-order chi connectivity index (χ1) is 29.1. The van der Waals surface area contributed by atoms with Gasteiger partial charge >= 0.3 is 0 Å². The van der Waals surface area contributed by atoms with Gasteiger partial charge in [0.1, 0.15) is 5.75 Å². The molecule has 0 spiro atoms. The molecule has 2 aliphatic heterocycles. The first-order valence-corrected chi connectivity index (χ1v) is 23.1. The molecule has 11 heteroatoms. The fourth-order valence-electron chi connectivity index (χ4n) is 13.4. The van der Waals surface area contributed by atoms with Crippen molar-refractivity contribution in [3.05, 3.63) is 70.0 Å². The van der Waals surface area contributed by atoms with E-state index in [1.165, 1.54) is 18.2 Å². The Morgan fingerprint density at radius 2 is 1.68 bits per heavy atom. The van der Waals surface area contributed by atoms with Gasteiger partial charge in [-0.1, -0.05) is 12.1 Å². The predicted molar refractivity (Wildman–Crippen MR) is 227 cm³/mol. The van der Waals surface area contributed by atoms with Crippen LogP contribution in [-0.4, -0.2) is 86.3 Å². The molecule has 8 N–H and O–H groups in total. The van der Waals surface area contributed by atoms with Gasteiger partial charge < -0.3 is 55.2 Å². The van der Waals surface area contributed by atoms with Crippen LogP contribution in [0.4, 0.5) is 0 Å². The van der Waals surface area contributed by atoms with Crippen LogP contribution in [0.2, 0.25) is 0 Å². The van der Waals surface area contributed by atoms with E-state index in [0.717, 1.165) is 81.9 Å². The molecule has 1 aromatic heterocycles. The number of rotatable bonds is 7. The Hall–Kier alpha value is -3.32. The van der Waals surface area contributed by atoms with Gasteiger partial charge in [-0.15, -0.1) is 0 Å². The molecular weight excluding hydrogens is 761 g/mol. The van der Waals surface area contributed by atoms with Gasteiger partial charge in [0, 0.05) is 48.3 Å². The van der Waals surface area contributed by atoms with Crippen molar-refractivity contribution in [1.29, 1.82) is 0 Å². The molecule has 3 heterocycles. The normalized spacial score (nSPS) is 36.9. The number of methoxy groups -OCH3 is 1. The van der Waals surface area contributed by atoms with E-state index in [2.05, 4.69) is 35.5 Å². The first-order valence-electron chi connectivity index (χ1n) is 23.1. The second-order valence-corrected chi connectivity index (χ2v) is 19.7. The van der Waals surface area contributed by atoms with Gasteiger partial charge in [0.15, 0.2) is 11.5 Å². The van der Waals surface area contributed by atoms with Crippen LogP contribution in [0.5, 0.6) is 23.0 Å². The third kappa shape index (κ3) is 7.96. The highest BCUT2D eigenvalue weighted by Gasteiger charge is 2.48. The number of phenolic OH excluding ortho intramolecular Hbond substituents is 1. The molecular formula is C49H68N2O9. The number of aromatic nitrogens is 1. The monoisotopic (exact) mass is 828 g/mol. The van der Waals surface area contributed by atoms with Gasteiger partial charge in [0.2, 0.25) is 5.75 Å². The fourth-order valence-corrected chi connectivity index (χ4v) is 13.4. The number of aromatic amines is 1. The minimum atomic E-state index is -0.692. The Morgan fingerprint density at radius 3 is 2.47 bits per heavy atom. The van der Waals surface area contributed by atoms with E-state index >= 15 is 0 Å². The van der Waals surface area contributed by atoms with E-state index in [4.69, 9.17) is 14.2 Å². The van der Waals surface area contributed by atoms with Crippen LogP contribution >= 0.6 is 0 Å². The van der Waals surface area contributed by atoms with Gasteiger partial charge in [-0.05, 0) is 167 Å². The highest BCUT2D eigenvalue weighted by molar-refractivity contribution is 5.64. The summed E-state index contributed by atoms with van der Waals surface area (Å²) in [5.74, 6) is 2.01. The van der Waals surface area contributed by atoms with Crippen molar-refractivity contribution >= 4 is 0 Å². The molecule has 4 saturated carbocycles. The van der Waals surface area contributed by atoms with Gasteiger partial charge in [0.25, 0.3) is 0 Å². The highest BCUT2D eigenvalue weighted by Crippen LogP contribution is 2.56. The van der Waals surface area contributed by atoms with Crippen molar-refractivity contribution in [2.45, 2.75) is 157 Å². The molecule has 328 valence electrons. The highest BCUT2D eigenvalue weighted by atomic mass is 16.5. The average molecular weight is 829 g/mol. The fraction of sp³-hybridized carbons (Fsp3) is 0.673. The molecule has 4 aliphatic carbocycles. The molecule has 0 amide bonds. The van der Waals surface area contributed by atoms with Crippen LogP contribution < -0.4 is 14.8 Å². The third-order valence-electron chi connectivity index (χ3n) is 16.5. The number of nitrogens with one attached hydrogen (secondary N) is 2. The molecule has 2 aromatic carbocycles. The molecule has 3 aromatic rings. The number of hydrogen-bond acceptors (Lipinski definition) is 10. The summed E-state index contributed by atoms with van der Waals surface area (Å²) in [4.78, 5) is 3.08. The lowest BCUT2D eigenvalue weighted by atomic mass is 9.57. The molecule has 5 fully saturated rings. The van der Waals surface area contributed by atoms with Crippen LogP contribution in [-0.2, 0) is 17.8 Å². The van der Waals surface area contributed by atoms with Crippen LogP contribution in [0.1, 0.15) is 148 Å². The lowest BCUT2D eigenvalue weighted by Gasteiger charge is -2.49. The third-order valence-corrected chi connectivity index (χ3v) is 16.5. The maximum atomic E-state index is 12.1. The summed E-state index contributed by atoms with van der Waals surface area (Å²) < 4.78 is 19.5. The van der Waals surface area contributed by atoms with Crippen LogP contribution in [0.15, 0.2) is 36.7 Å². The Morgan fingerprint density at radius 1 is 0.867 bits per heavy atom. The van der Waals surface area contributed by atoms with Gasteiger partial charge in [-0.25, -0.2) is 0 Å². The van der Waals surface area contributed by atoms with Gasteiger partial charge in [-0.2, -0.15) is 0 Å². The summed E-state index contributed by atoms with van der Waals surface area (Å²) in [6.45, 7) is 0.0985. The number of aromatic hydroxyl groups is 2. The first kappa shape index (κ1) is 42.0. The number of H-pyrrole nitrogens is 1. The zero-order chi connectivity index (χ0) is 41.7. The average Bonchev–Trinajstić information content (AvgIpc) is 3.92. The molecule has 13 unspecified atom stereocenters. The van der Waals surface area contributed by atoms with Crippen molar-refractivity contribution in [3.63, 3.8) is 0 Å². The topological polar surface area (TPSA) is 177 Å². The number of hydrogen-bond donors (Lipinski definition) is 8. The molecule has 2 bridgehead atoms. The van der Waals surface area contributed by atoms with E-state index in [1.807, 2.05) is 18.5 Å². The van der Waals surface area contributed by atoms with Crippen molar-refractivity contribution in [2.75, 3.05) is 20.8 Å². The molecule has 11 nitrogen and oxygen atoms in total. The summed E-state index contributed by atoms with van der Waals surface area (Å²) in [6.07, 6.45) is 14.9. The standard InChI is InChI=1S/C49H68N2O9/c1-50-32-6-9-33-31(20-32)4-8-35-39(53)12-16-49(57)15-11-27(24-49)14-18-59-41-10-5-29(21-36(41)44(33)35)30-3-7-34-40(54)23-43(60-42(34)22-30)45-37(19-28-13-17-51-25-28)48(58-2)47(56)46(55)38(45)26-52/h5,10,13,17,21,25,27,30-35,39-40,42-44,50-57H,3-4,6-9,11-12,14-16,18-20,22-24,26H2,1-2H3. The maximum Gasteiger partial charge on any atom is 0.201 e. The Labute approximate surface area is 354 Å². The summed E-state index contributed by atoms with van der Waals surface area (Å²) in [5, 5.41) is 71.9. The largest absolute Gasteiger partial charge is 0.504 e. The lowest BCUT2D eigenvalue weighted by Crippen LogP contribution is -2.45. The predicted octanol–water partition coefficient (Wildman–Crippen LogP) is 7.25. The molecule has 1 saturated heterocycles. The summed E-state index contributed by atoms with van der Waals surface area (Å²) in [6, 6.07) is 9.29. The number of fused-ring (bicyclic) bond motifs is 8. The number of aliphatic hydroxyl groups is 4. The van der Waals surface area contributed by atoms with Gasteiger partial charge in [0.05, 0.1) is 50.3 Å². The van der Waals surface area contributed by atoms with Crippen LogP contribution in [0.25, 0.3) is 0 Å².